The molecule has 2 unspecified atom stereocenters. The quantitative estimate of drug-likeness (QED) is 0.913. The third-order valence-corrected chi connectivity index (χ3v) is 3.85. The zero-order valence-electron chi connectivity index (χ0n) is 11.0. The molecular formula is C14H20Cl2N2O. The van der Waals surface area contributed by atoms with Crippen molar-refractivity contribution in [1.82, 2.24) is 4.90 Å². The third-order valence-electron chi connectivity index (χ3n) is 3.60. The molecule has 5 heteroatoms. The van der Waals surface area contributed by atoms with Gasteiger partial charge in [-0.15, -0.1) is 12.4 Å². The molecule has 0 saturated carbocycles. The first kappa shape index (κ1) is 16.3. The summed E-state index contributed by atoms with van der Waals surface area (Å²) in [5, 5.41) is 0.647. The molecule has 0 bridgehead atoms. The number of hydrogen-bond acceptors (Lipinski definition) is 2. The van der Waals surface area contributed by atoms with E-state index in [1.807, 2.05) is 4.90 Å². The molecular weight excluding hydrogens is 283 g/mol. The highest BCUT2D eigenvalue weighted by Gasteiger charge is 2.29. The van der Waals surface area contributed by atoms with Gasteiger partial charge < -0.3 is 10.6 Å². The van der Waals surface area contributed by atoms with Crippen LogP contribution in [0.5, 0.6) is 0 Å². The molecule has 0 spiro atoms. The molecule has 1 saturated heterocycles. The summed E-state index contributed by atoms with van der Waals surface area (Å²) in [6.45, 7) is 3.54. The van der Waals surface area contributed by atoms with Crippen LogP contribution in [-0.2, 0) is 0 Å². The summed E-state index contributed by atoms with van der Waals surface area (Å²) >= 11 is 5.83. The molecule has 1 aromatic rings. The predicted molar refractivity (Wildman–Crippen MR) is 81.0 cm³/mol. The molecule has 1 aliphatic heterocycles. The Hall–Kier alpha value is -0.770. The van der Waals surface area contributed by atoms with Gasteiger partial charge in [0.2, 0.25) is 0 Å². The maximum Gasteiger partial charge on any atom is 0.254 e. The molecule has 106 valence electrons. The highest BCUT2D eigenvalue weighted by atomic mass is 35.5. The number of benzene rings is 1. The Morgan fingerprint density at radius 1 is 1.42 bits per heavy atom. The van der Waals surface area contributed by atoms with Crippen LogP contribution in [0.15, 0.2) is 24.3 Å². The number of nitrogens with two attached hydrogens (primary N) is 1. The minimum absolute atomic E-state index is 0. The van der Waals surface area contributed by atoms with E-state index in [0.29, 0.717) is 23.0 Å². The number of halogens is 2. The van der Waals surface area contributed by atoms with E-state index in [4.69, 9.17) is 17.3 Å². The summed E-state index contributed by atoms with van der Waals surface area (Å²) in [5.74, 6) is 0.710. The number of carbonyl (C=O) groups excluding carboxylic acids is 1. The van der Waals surface area contributed by atoms with Crippen molar-refractivity contribution in [3.63, 3.8) is 0 Å². The molecule has 3 nitrogen and oxygen atoms in total. The van der Waals surface area contributed by atoms with Crippen LogP contribution in [-0.4, -0.2) is 29.9 Å². The average Bonchev–Trinajstić information content (AvgIpc) is 2.38. The summed E-state index contributed by atoms with van der Waals surface area (Å²) in [6.07, 6.45) is 2.05. The van der Waals surface area contributed by atoms with Gasteiger partial charge in [-0.05, 0) is 43.0 Å². The van der Waals surface area contributed by atoms with Crippen molar-refractivity contribution in [2.75, 3.05) is 13.1 Å². The van der Waals surface area contributed by atoms with E-state index in [0.717, 1.165) is 19.4 Å². The van der Waals surface area contributed by atoms with Crippen LogP contribution in [0.2, 0.25) is 5.02 Å². The Labute approximate surface area is 125 Å². The van der Waals surface area contributed by atoms with Crippen LogP contribution in [0.3, 0.4) is 0 Å². The normalized spacial score (nSPS) is 22.8. The lowest BCUT2D eigenvalue weighted by Crippen LogP contribution is -2.49. The van der Waals surface area contributed by atoms with E-state index in [9.17, 15) is 4.79 Å². The van der Waals surface area contributed by atoms with E-state index in [1.165, 1.54) is 0 Å². The van der Waals surface area contributed by atoms with E-state index in [1.54, 1.807) is 24.3 Å². The maximum absolute atomic E-state index is 12.4. The fourth-order valence-corrected chi connectivity index (χ4v) is 2.63. The zero-order chi connectivity index (χ0) is 13.1. The molecule has 0 aliphatic carbocycles. The number of nitrogens with zero attached hydrogens (tertiary/aromatic N) is 1. The molecule has 0 radical (unpaired) electrons. The Bertz CT molecular complexity index is 422. The van der Waals surface area contributed by atoms with E-state index in [-0.39, 0.29) is 24.4 Å². The highest BCUT2D eigenvalue weighted by molar-refractivity contribution is 6.30. The molecule has 1 heterocycles. The molecule has 2 atom stereocenters. The topological polar surface area (TPSA) is 46.3 Å². The predicted octanol–water partition coefficient (Wildman–Crippen LogP) is 2.96. The number of amides is 1. The monoisotopic (exact) mass is 302 g/mol. The number of rotatable bonds is 2. The van der Waals surface area contributed by atoms with Crippen molar-refractivity contribution in [2.24, 2.45) is 11.7 Å². The molecule has 1 fully saturated rings. The lowest BCUT2D eigenvalue weighted by Gasteiger charge is -2.38. The lowest BCUT2D eigenvalue weighted by atomic mass is 9.92. The van der Waals surface area contributed by atoms with Crippen molar-refractivity contribution in [2.45, 2.75) is 25.8 Å². The molecule has 1 aliphatic rings. The fraction of sp³-hybridized carbons (Fsp3) is 0.500. The molecule has 2 N–H and O–H groups in total. The van der Waals surface area contributed by atoms with Gasteiger partial charge in [0.1, 0.15) is 0 Å². The van der Waals surface area contributed by atoms with E-state index in [2.05, 4.69) is 6.92 Å². The first-order chi connectivity index (χ1) is 8.61. The van der Waals surface area contributed by atoms with Crippen molar-refractivity contribution < 1.29 is 4.79 Å². The van der Waals surface area contributed by atoms with Crippen molar-refractivity contribution in [3.8, 4) is 0 Å². The molecule has 2 rings (SSSR count). The summed E-state index contributed by atoms with van der Waals surface area (Å²) in [5.41, 5.74) is 6.47. The summed E-state index contributed by atoms with van der Waals surface area (Å²) in [6, 6.07) is 7.21. The number of hydrogen-bond donors (Lipinski definition) is 1. The summed E-state index contributed by atoms with van der Waals surface area (Å²) in [7, 11) is 0. The summed E-state index contributed by atoms with van der Waals surface area (Å²) < 4.78 is 0. The highest BCUT2D eigenvalue weighted by Crippen LogP contribution is 2.24. The van der Waals surface area contributed by atoms with Gasteiger partial charge in [0.15, 0.2) is 0 Å². The van der Waals surface area contributed by atoms with Crippen LogP contribution in [0.1, 0.15) is 30.1 Å². The van der Waals surface area contributed by atoms with Crippen molar-refractivity contribution >= 4 is 29.9 Å². The van der Waals surface area contributed by atoms with Crippen molar-refractivity contribution in [1.29, 1.82) is 0 Å². The molecule has 19 heavy (non-hydrogen) atoms. The number of carbonyl (C=O) groups is 1. The maximum atomic E-state index is 12.4. The number of likely N-dealkylation sites (tertiary alicyclic amines) is 1. The first-order valence-electron chi connectivity index (χ1n) is 6.38. The largest absolute Gasteiger partial charge is 0.334 e. The van der Waals surface area contributed by atoms with Crippen LogP contribution in [0.4, 0.5) is 0 Å². The van der Waals surface area contributed by atoms with Gasteiger partial charge in [-0.1, -0.05) is 18.5 Å². The molecule has 0 aromatic heterocycles. The van der Waals surface area contributed by atoms with Gasteiger partial charge in [0.25, 0.3) is 5.91 Å². The standard InChI is InChI=1S/C14H19ClN2O.ClH/c1-10-6-7-17(13(8-10)9-16)14(18)11-2-4-12(15)5-3-11;/h2-5,10,13H,6-9,16H2,1H3;1H. The van der Waals surface area contributed by atoms with Crippen LogP contribution < -0.4 is 5.73 Å². The third kappa shape index (κ3) is 3.85. The lowest BCUT2D eigenvalue weighted by molar-refractivity contribution is 0.0573. The van der Waals surface area contributed by atoms with E-state index < -0.39 is 0 Å². The van der Waals surface area contributed by atoms with Gasteiger partial charge >= 0.3 is 0 Å². The van der Waals surface area contributed by atoms with Gasteiger partial charge in [-0.3, -0.25) is 4.79 Å². The average molecular weight is 303 g/mol. The minimum atomic E-state index is 0. The van der Waals surface area contributed by atoms with Crippen LogP contribution in [0.25, 0.3) is 0 Å². The molecule has 1 aromatic carbocycles. The Morgan fingerprint density at radius 3 is 2.63 bits per heavy atom. The first-order valence-corrected chi connectivity index (χ1v) is 6.76. The van der Waals surface area contributed by atoms with Gasteiger partial charge in [-0.25, -0.2) is 0 Å². The Morgan fingerprint density at radius 2 is 2.05 bits per heavy atom. The van der Waals surface area contributed by atoms with Gasteiger partial charge in [0.05, 0.1) is 0 Å². The fourth-order valence-electron chi connectivity index (χ4n) is 2.50. The second-order valence-corrected chi connectivity index (χ2v) is 5.46. The van der Waals surface area contributed by atoms with Crippen LogP contribution >= 0.6 is 24.0 Å². The summed E-state index contributed by atoms with van der Waals surface area (Å²) in [4.78, 5) is 14.3. The molecule has 1 amide bonds. The van der Waals surface area contributed by atoms with Gasteiger partial charge in [-0.2, -0.15) is 0 Å². The van der Waals surface area contributed by atoms with E-state index >= 15 is 0 Å². The van der Waals surface area contributed by atoms with Crippen molar-refractivity contribution in [3.05, 3.63) is 34.9 Å². The minimum Gasteiger partial charge on any atom is -0.334 e. The second kappa shape index (κ2) is 7.13. The van der Waals surface area contributed by atoms with Gasteiger partial charge in [0, 0.05) is 29.7 Å². The Balaban J connectivity index is 0.00000180. The number of piperidine rings is 1. The second-order valence-electron chi connectivity index (χ2n) is 5.02. The van der Waals surface area contributed by atoms with Crippen LogP contribution in [0, 0.1) is 5.92 Å². The smallest absolute Gasteiger partial charge is 0.254 e. The Kier molecular flexibility index (Phi) is 6.11. The zero-order valence-corrected chi connectivity index (χ0v) is 12.6. The SMILES string of the molecule is CC1CCN(C(=O)c2ccc(Cl)cc2)C(CN)C1.Cl.